The van der Waals surface area contributed by atoms with E-state index in [-0.39, 0.29) is 10.8 Å². The largest absolute Gasteiger partial charge is 0.329 e. The van der Waals surface area contributed by atoms with Gasteiger partial charge in [0, 0.05) is 14.2 Å². The Labute approximate surface area is 87.3 Å². The van der Waals surface area contributed by atoms with E-state index < -0.39 is 15.9 Å². The Kier molecular flexibility index (Phi) is 4.56. The van der Waals surface area contributed by atoms with Gasteiger partial charge in [0.25, 0.3) is 8.32 Å². The molecule has 0 rings (SSSR count). The van der Waals surface area contributed by atoms with E-state index in [9.17, 15) is 9.36 Å². The van der Waals surface area contributed by atoms with Crippen molar-refractivity contribution in [1.29, 1.82) is 0 Å². The molecule has 1 atom stereocenters. The molecule has 0 aromatic heterocycles. The molecule has 0 bridgehead atoms. The normalized spacial score (nSPS) is 17.9. The van der Waals surface area contributed by atoms with E-state index in [0.29, 0.717) is 0 Å². The second-order valence-corrected chi connectivity index (χ2v) is 11.8. The highest BCUT2D eigenvalue weighted by molar-refractivity contribution is 7.56. The lowest BCUT2D eigenvalue weighted by molar-refractivity contribution is 0.275. The smallest absolute Gasteiger partial charge is 0.312 e. The fraction of sp³-hybridized carbons (Fsp3) is 1.00. The van der Waals surface area contributed by atoms with Crippen molar-refractivity contribution in [2.24, 2.45) is 0 Å². The Morgan fingerprint density at radius 1 is 1.21 bits per heavy atom. The zero-order valence-corrected chi connectivity index (χ0v) is 11.7. The van der Waals surface area contributed by atoms with Crippen molar-refractivity contribution in [3.63, 3.8) is 0 Å². The van der Waals surface area contributed by atoms with Gasteiger partial charge in [-0.05, 0) is 11.6 Å². The first-order valence-corrected chi connectivity index (χ1v) is 8.83. The molecule has 0 aromatic carbocycles. The van der Waals surface area contributed by atoms with E-state index in [1.54, 1.807) is 6.55 Å². The summed E-state index contributed by atoms with van der Waals surface area (Å²) in [7, 11) is -3.36. The van der Waals surface area contributed by atoms with Crippen LogP contribution in [0.5, 0.6) is 0 Å². The predicted molar refractivity (Wildman–Crippen MR) is 58.5 cm³/mol. The van der Waals surface area contributed by atoms with Crippen LogP contribution in [0, 0.1) is 0 Å². The maximum Gasteiger partial charge on any atom is 0.329 e. The molecule has 14 heavy (non-hydrogen) atoms. The molecule has 0 aliphatic heterocycles. The van der Waals surface area contributed by atoms with E-state index in [4.69, 9.17) is 9.05 Å². The van der Waals surface area contributed by atoms with Gasteiger partial charge in [-0.3, -0.25) is 9.36 Å². The minimum atomic E-state index is -3.15. The molecule has 0 fully saturated rings. The van der Waals surface area contributed by atoms with Crippen LogP contribution >= 0.6 is 7.60 Å². The fourth-order valence-corrected chi connectivity index (χ4v) is 6.85. The number of rotatable bonds is 4. The van der Waals surface area contributed by atoms with E-state index in [0.717, 1.165) is 0 Å². The highest BCUT2D eigenvalue weighted by atomic mass is 31.2. The highest BCUT2D eigenvalue weighted by Crippen LogP contribution is 2.52. The maximum absolute atomic E-state index is 12.3. The summed E-state index contributed by atoms with van der Waals surface area (Å²) >= 11 is 0. The van der Waals surface area contributed by atoms with E-state index in [2.05, 4.69) is 0 Å². The number of hydrogen-bond acceptors (Lipinski definition) is 3. The molecule has 0 saturated carbocycles. The van der Waals surface area contributed by atoms with Crippen molar-refractivity contribution in [1.82, 2.24) is 0 Å². The van der Waals surface area contributed by atoms with Crippen molar-refractivity contribution >= 4 is 15.9 Å². The van der Waals surface area contributed by atoms with Gasteiger partial charge in [-0.15, -0.1) is 0 Å². The third-order valence-corrected chi connectivity index (χ3v) is 10.9. The van der Waals surface area contributed by atoms with E-state index >= 15 is 0 Å². The SMILES string of the molecule is COP(=O)(C[Si](C)([O])C(C)(C)C)OC. The Morgan fingerprint density at radius 2 is 1.57 bits per heavy atom. The summed E-state index contributed by atoms with van der Waals surface area (Å²) < 4.78 is 21.4. The van der Waals surface area contributed by atoms with Crippen LogP contribution < -0.4 is 0 Å². The van der Waals surface area contributed by atoms with Gasteiger partial charge in [-0.1, -0.05) is 20.8 Å². The van der Waals surface area contributed by atoms with Crippen LogP contribution in [0.2, 0.25) is 11.6 Å². The second kappa shape index (κ2) is 4.45. The van der Waals surface area contributed by atoms with Gasteiger partial charge in [0.05, 0.1) is 5.79 Å². The van der Waals surface area contributed by atoms with E-state index in [1.807, 2.05) is 20.8 Å². The van der Waals surface area contributed by atoms with Crippen LogP contribution in [0.3, 0.4) is 0 Å². The Bertz CT molecular complexity index is 226. The lowest BCUT2D eigenvalue weighted by Gasteiger charge is -2.33. The topological polar surface area (TPSA) is 55.4 Å². The molecule has 6 heteroatoms. The lowest BCUT2D eigenvalue weighted by Crippen LogP contribution is -2.43. The molecule has 0 spiro atoms. The molecule has 85 valence electrons. The minimum Gasteiger partial charge on any atom is -0.312 e. The van der Waals surface area contributed by atoms with Crippen LogP contribution in [-0.4, -0.2) is 28.3 Å². The van der Waals surface area contributed by atoms with Gasteiger partial charge in [0.2, 0.25) is 0 Å². The van der Waals surface area contributed by atoms with Crippen molar-refractivity contribution in [3.05, 3.63) is 0 Å². The third-order valence-electron chi connectivity index (χ3n) is 2.64. The zero-order valence-electron chi connectivity index (χ0n) is 9.79. The summed E-state index contributed by atoms with van der Waals surface area (Å²) in [5, 5.41) is -0.347. The second-order valence-electron chi connectivity index (χ2n) is 4.62. The van der Waals surface area contributed by atoms with Crippen LogP contribution in [0.4, 0.5) is 0 Å². The molecular weight excluding hydrogens is 219 g/mol. The van der Waals surface area contributed by atoms with Crippen LogP contribution in [-0.2, 0) is 18.4 Å². The molecular formula is C8H20O4PSi. The molecule has 0 saturated heterocycles. The first-order chi connectivity index (χ1) is 6.08. The summed E-state index contributed by atoms with van der Waals surface area (Å²) in [6, 6.07) is 0. The summed E-state index contributed by atoms with van der Waals surface area (Å²) in [4.78, 5) is 12.3. The highest BCUT2D eigenvalue weighted by Gasteiger charge is 2.47. The molecule has 1 radical (unpaired) electrons. The van der Waals surface area contributed by atoms with Gasteiger partial charge < -0.3 is 9.05 Å². The molecule has 4 nitrogen and oxygen atoms in total. The van der Waals surface area contributed by atoms with Gasteiger partial charge in [0.15, 0.2) is 0 Å². The van der Waals surface area contributed by atoms with Gasteiger partial charge in [-0.2, -0.15) is 0 Å². The summed E-state index contributed by atoms with van der Waals surface area (Å²) in [6.07, 6.45) is 0. The molecule has 0 amide bonds. The molecule has 0 aromatic rings. The average molecular weight is 239 g/mol. The monoisotopic (exact) mass is 239 g/mol. The Hall–Kier alpha value is 0.327. The van der Waals surface area contributed by atoms with Crippen molar-refractivity contribution in [2.45, 2.75) is 32.4 Å². The predicted octanol–water partition coefficient (Wildman–Crippen LogP) is 2.82. The van der Waals surface area contributed by atoms with Crippen LogP contribution in [0.15, 0.2) is 0 Å². The zero-order chi connectivity index (χ0) is 11.6. The standard InChI is InChI=1S/C8H20O4PSi/c1-8(2,3)14(6,10)7-13(9,11-4)12-5/h7H2,1-6H3. The van der Waals surface area contributed by atoms with Gasteiger partial charge >= 0.3 is 7.60 Å². The molecule has 1 unspecified atom stereocenters. The van der Waals surface area contributed by atoms with Crippen molar-refractivity contribution in [3.8, 4) is 0 Å². The Balaban J connectivity index is 4.74. The summed E-state index contributed by atoms with van der Waals surface area (Å²) in [5.41, 5.74) is 0. The third kappa shape index (κ3) is 3.48. The van der Waals surface area contributed by atoms with Gasteiger partial charge in [0.1, 0.15) is 0 Å². The van der Waals surface area contributed by atoms with Gasteiger partial charge in [-0.25, -0.2) is 0 Å². The lowest BCUT2D eigenvalue weighted by atomic mass is 10.2. The molecule has 0 heterocycles. The maximum atomic E-state index is 12.3. The minimum absolute atomic E-state index is 0.0243. The molecule has 0 aliphatic rings. The molecule has 0 aliphatic carbocycles. The van der Waals surface area contributed by atoms with Crippen LogP contribution in [0.1, 0.15) is 20.8 Å². The van der Waals surface area contributed by atoms with Crippen LogP contribution in [0.25, 0.3) is 0 Å². The average Bonchev–Trinajstić information content (AvgIpc) is 2.01. The number of hydrogen-bond donors (Lipinski definition) is 0. The van der Waals surface area contributed by atoms with Crippen molar-refractivity contribution in [2.75, 3.05) is 20.0 Å². The first-order valence-electron chi connectivity index (χ1n) is 4.49. The Morgan fingerprint density at radius 3 is 1.79 bits per heavy atom. The molecule has 0 N–H and O–H groups in total. The quantitative estimate of drug-likeness (QED) is 0.560. The van der Waals surface area contributed by atoms with E-state index in [1.165, 1.54) is 14.2 Å². The van der Waals surface area contributed by atoms with Crippen molar-refractivity contribution < 1.29 is 18.4 Å². The summed E-state index contributed by atoms with van der Waals surface area (Å²) in [6.45, 7) is 7.29. The first kappa shape index (κ1) is 14.3. The summed E-state index contributed by atoms with van der Waals surface area (Å²) in [5.74, 6) is 0.0243. The fourth-order valence-electron chi connectivity index (χ4n) is 0.810.